The summed E-state index contributed by atoms with van der Waals surface area (Å²) >= 11 is 0. The number of hydrogen-bond donors (Lipinski definition) is 2. The Hall–Kier alpha value is -2.22. The zero-order chi connectivity index (χ0) is 14.8. The number of nitrogens with zero attached hydrogens (tertiary/aromatic N) is 3. The van der Waals surface area contributed by atoms with Crippen molar-refractivity contribution in [2.45, 2.75) is 19.4 Å². The van der Waals surface area contributed by atoms with Crippen molar-refractivity contribution in [2.24, 2.45) is 0 Å². The fourth-order valence-corrected chi connectivity index (χ4v) is 1.65. The molecule has 0 saturated carbocycles. The number of pyridine rings is 1. The van der Waals surface area contributed by atoms with Crippen LogP contribution in [0, 0.1) is 10.1 Å². The van der Waals surface area contributed by atoms with Crippen molar-refractivity contribution in [3.05, 3.63) is 27.9 Å². The number of nitro groups is 1. The molecule has 19 heavy (non-hydrogen) atoms. The third-order valence-corrected chi connectivity index (χ3v) is 2.28. The normalized spacial score (nSPS) is 11.2. The molecule has 0 fully saturated rings. The molecule has 104 valence electrons. The van der Waals surface area contributed by atoms with Gasteiger partial charge in [-0.1, -0.05) is 0 Å². The molecule has 1 aromatic rings. The molecule has 0 saturated heterocycles. The molecule has 0 aliphatic rings. The summed E-state index contributed by atoms with van der Waals surface area (Å²) in [6.45, 7) is 3.23. The number of aliphatic hydroxyl groups is 1. The Bertz CT molecular complexity index is 510. The zero-order valence-corrected chi connectivity index (χ0v) is 10.8. The molecule has 1 rings (SSSR count). The molecule has 0 amide bonds. The van der Waals surface area contributed by atoms with Gasteiger partial charge in [0, 0.05) is 25.9 Å². The first-order valence-electron chi connectivity index (χ1n) is 5.43. The van der Waals surface area contributed by atoms with E-state index in [1.54, 1.807) is 13.8 Å². The lowest BCUT2D eigenvalue weighted by atomic mass is 10.1. The van der Waals surface area contributed by atoms with Crippen LogP contribution >= 0.6 is 0 Å². The van der Waals surface area contributed by atoms with Crippen molar-refractivity contribution in [3.63, 3.8) is 0 Å². The monoisotopic (exact) mass is 269 g/mol. The van der Waals surface area contributed by atoms with Gasteiger partial charge in [0.15, 0.2) is 0 Å². The summed E-state index contributed by atoms with van der Waals surface area (Å²) in [4.78, 5) is 26.2. The van der Waals surface area contributed by atoms with E-state index >= 15 is 0 Å². The van der Waals surface area contributed by atoms with E-state index in [9.17, 15) is 20.0 Å². The van der Waals surface area contributed by atoms with Gasteiger partial charge >= 0.3 is 11.7 Å². The van der Waals surface area contributed by atoms with Gasteiger partial charge in [-0.15, -0.1) is 0 Å². The van der Waals surface area contributed by atoms with Crippen LogP contribution in [0.25, 0.3) is 0 Å². The highest BCUT2D eigenvalue weighted by atomic mass is 16.6. The maximum Gasteiger partial charge on any atom is 0.337 e. The van der Waals surface area contributed by atoms with Crippen molar-refractivity contribution >= 4 is 17.5 Å². The molecule has 2 N–H and O–H groups in total. The van der Waals surface area contributed by atoms with Crippen molar-refractivity contribution in [1.29, 1.82) is 0 Å². The lowest BCUT2D eigenvalue weighted by Crippen LogP contribution is -2.37. The second-order valence-electron chi connectivity index (χ2n) is 4.80. The minimum atomic E-state index is -1.28. The number of aromatic nitrogens is 1. The molecular formula is C11H15N3O5. The van der Waals surface area contributed by atoms with Crippen LogP contribution in [-0.2, 0) is 0 Å². The molecule has 0 bridgehead atoms. The molecule has 0 aliphatic heterocycles. The van der Waals surface area contributed by atoms with Gasteiger partial charge in [0.2, 0.25) is 5.82 Å². The van der Waals surface area contributed by atoms with Crippen molar-refractivity contribution in [3.8, 4) is 0 Å². The third-order valence-electron chi connectivity index (χ3n) is 2.28. The minimum absolute atomic E-state index is 0.0112. The highest BCUT2D eigenvalue weighted by Crippen LogP contribution is 2.26. The summed E-state index contributed by atoms with van der Waals surface area (Å²) in [5, 5.41) is 29.4. The van der Waals surface area contributed by atoms with Gasteiger partial charge in [0.1, 0.15) is 0 Å². The second kappa shape index (κ2) is 5.19. The Kier molecular flexibility index (Phi) is 4.05. The van der Waals surface area contributed by atoms with Gasteiger partial charge in [-0.2, -0.15) is 0 Å². The van der Waals surface area contributed by atoms with Crippen LogP contribution < -0.4 is 4.90 Å². The number of carboxylic acid groups (broad SMARTS) is 1. The van der Waals surface area contributed by atoms with Crippen LogP contribution in [0.2, 0.25) is 0 Å². The quantitative estimate of drug-likeness (QED) is 0.602. The van der Waals surface area contributed by atoms with Gasteiger partial charge in [-0.3, -0.25) is 10.1 Å². The fraction of sp³-hybridized carbons (Fsp3) is 0.455. The van der Waals surface area contributed by atoms with E-state index in [0.29, 0.717) is 0 Å². The molecule has 0 aromatic carbocycles. The van der Waals surface area contributed by atoms with Crippen LogP contribution in [-0.4, -0.2) is 45.3 Å². The van der Waals surface area contributed by atoms with Crippen LogP contribution in [0.15, 0.2) is 12.3 Å². The maximum atomic E-state index is 11.0. The largest absolute Gasteiger partial charge is 0.478 e. The summed E-state index contributed by atoms with van der Waals surface area (Å²) in [5.74, 6) is -1.27. The van der Waals surface area contributed by atoms with E-state index in [4.69, 9.17) is 5.11 Å². The van der Waals surface area contributed by atoms with Crippen LogP contribution in [0.3, 0.4) is 0 Å². The number of rotatable bonds is 5. The molecule has 1 heterocycles. The molecule has 0 radical (unpaired) electrons. The van der Waals surface area contributed by atoms with Gasteiger partial charge in [-0.25, -0.2) is 9.78 Å². The molecule has 8 heteroatoms. The van der Waals surface area contributed by atoms with Crippen LogP contribution in [0.5, 0.6) is 0 Å². The first-order valence-corrected chi connectivity index (χ1v) is 5.43. The number of likely N-dealkylation sites (N-methyl/N-ethyl adjacent to an activating group) is 1. The maximum absolute atomic E-state index is 11.0. The third kappa shape index (κ3) is 3.88. The van der Waals surface area contributed by atoms with E-state index in [2.05, 4.69) is 4.98 Å². The van der Waals surface area contributed by atoms with Gasteiger partial charge < -0.3 is 15.1 Å². The predicted octanol–water partition coefficient (Wildman–Crippen LogP) is 0.895. The first kappa shape index (κ1) is 14.8. The van der Waals surface area contributed by atoms with Gasteiger partial charge in [-0.05, 0) is 13.8 Å². The molecule has 8 nitrogen and oxygen atoms in total. The number of carboxylic acids is 1. The van der Waals surface area contributed by atoms with Crippen molar-refractivity contribution < 1.29 is 19.9 Å². The summed E-state index contributed by atoms with van der Waals surface area (Å²) in [5.41, 5.74) is -1.73. The molecule has 0 atom stereocenters. The van der Waals surface area contributed by atoms with Crippen molar-refractivity contribution in [1.82, 2.24) is 4.98 Å². The molecular weight excluding hydrogens is 254 g/mol. The van der Waals surface area contributed by atoms with E-state index in [1.807, 2.05) is 0 Å². The minimum Gasteiger partial charge on any atom is -0.478 e. The highest BCUT2D eigenvalue weighted by Gasteiger charge is 2.25. The topological polar surface area (TPSA) is 117 Å². The SMILES string of the molecule is CN(CC(C)(C)O)c1ncc(C(=O)O)cc1[N+](=O)[O-]. The molecule has 0 unspecified atom stereocenters. The Morgan fingerprint density at radius 3 is 2.58 bits per heavy atom. The van der Waals surface area contributed by atoms with E-state index in [0.717, 1.165) is 12.3 Å². The summed E-state index contributed by atoms with van der Waals surface area (Å²) in [7, 11) is 1.54. The van der Waals surface area contributed by atoms with Gasteiger partial charge in [0.05, 0.1) is 16.1 Å². The Labute approximate surface area is 109 Å². The average molecular weight is 269 g/mol. The van der Waals surface area contributed by atoms with Gasteiger partial charge in [0.25, 0.3) is 0 Å². The van der Waals surface area contributed by atoms with Crippen molar-refractivity contribution in [2.75, 3.05) is 18.5 Å². The number of carbonyl (C=O) groups is 1. The Morgan fingerprint density at radius 2 is 2.16 bits per heavy atom. The molecule has 0 spiro atoms. The smallest absolute Gasteiger partial charge is 0.337 e. The molecule has 0 aliphatic carbocycles. The number of hydrogen-bond acceptors (Lipinski definition) is 6. The highest BCUT2D eigenvalue weighted by molar-refractivity contribution is 5.88. The Balaban J connectivity index is 3.20. The fourth-order valence-electron chi connectivity index (χ4n) is 1.65. The predicted molar refractivity (Wildman–Crippen MR) is 67.4 cm³/mol. The summed E-state index contributed by atoms with van der Waals surface area (Å²) in [6, 6.07) is 0.950. The Morgan fingerprint density at radius 1 is 1.58 bits per heavy atom. The average Bonchev–Trinajstić information content (AvgIpc) is 2.25. The van der Waals surface area contributed by atoms with E-state index < -0.39 is 22.2 Å². The summed E-state index contributed by atoms with van der Waals surface area (Å²) in [6.07, 6.45) is 1.05. The first-order chi connectivity index (χ1) is 8.61. The summed E-state index contributed by atoms with van der Waals surface area (Å²) < 4.78 is 0. The lowest BCUT2D eigenvalue weighted by Gasteiger charge is -2.26. The van der Waals surface area contributed by atoms with E-state index in [-0.39, 0.29) is 17.9 Å². The standard InChI is InChI=1S/C11H15N3O5/c1-11(2,17)6-13(3)9-8(14(18)19)4-7(5-12-9)10(15)16/h4-5,17H,6H2,1-3H3,(H,15,16). The number of anilines is 1. The van der Waals surface area contributed by atoms with Crippen LogP contribution in [0.1, 0.15) is 24.2 Å². The zero-order valence-electron chi connectivity index (χ0n) is 10.8. The second-order valence-corrected chi connectivity index (χ2v) is 4.80. The van der Waals surface area contributed by atoms with Crippen LogP contribution in [0.4, 0.5) is 11.5 Å². The molecule has 1 aromatic heterocycles. The van der Waals surface area contributed by atoms with E-state index in [1.165, 1.54) is 11.9 Å². The lowest BCUT2D eigenvalue weighted by molar-refractivity contribution is -0.384. The number of aromatic carboxylic acids is 1.